The Morgan fingerprint density at radius 3 is 2.57 bits per heavy atom. The van der Waals surface area contributed by atoms with Crippen molar-refractivity contribution in [3.05, 3.63) is 10.2 Å². The van der Waals surface area contributed by atoms with E-state index in [4.69, 9.17) is 20.3 Å². The highest BCUT2D eigenvalue weighted by Crippen LogP contribution is 2.55. The minimum absolute atomic E-state index is 0.111. The Bertz CT molecular complexity index is 983. The van der Waals surface area contributed by atoms with Gasteiger partial charge in [0.15, 0.2) is 27.4 Å². The molecule has 5 unspecified atom stereocenters. The molecule has 3 heterocycles. The molecule has 1 aliphatic heterocycles. The number of fused-ring (bicyclic) bond motifs is 1. The summed E-state index contributed by atoms with van der Waals surface area (Å²) in [6.45, 7) is -0.691. The first-order valence-electron chi connectivity index (χ1n) is 7.56. The molecule has 2 aromatic heterocycles. The standard InChI is InChI=1S/C11H16IN5O9P2/c12-11-15-8(13)5-9(16-11)17(2-14-5)10-7(19)6(18)4(26-10)1-25-28(23,24)3-27(20,21)22/h2,4,6-7,10,18-19H,1,3H2,(H,23,24)(H2,13,15,16)(H2,20,21,22). The number of nitrogens with zero attached hydrogens (tertiary/aromatic N) is 4. The van der Waals surface area contributed by atoms with Crippen LogP contribution in [0.2, 0.25) is 0 Å². The molecule has 14 nitrogen and oxygen atoms in total. The molecule has 0 amide bonds. The largest absolute Gasteiger partial charge is 0.387 e. The van der Waals surface area contributed by atoms with Crippen LogP contribution in [-0.2, 0) is 18.4 Å². The highest BCUT2D eigenvalue weighted by atomic mass is 127. The second-order valence-electron chi connectivity index (χ2n) is 5.99. The quantitative estimate of drug-likeness (QED) is 0.144. The predicted octanol–water partition coefficient (Wildman–Crippen LogP) is -1.03. The maximum atomic E-state index is 11.7. The van der Waals surface area contributed by atoms with Gasteiger partial charge in [-0.25, -0.2) is 15.0 Å². The van der Waals surface area contributed by atoms with Crippen molar-refractivity contribution in [3.63, 3.8) is 0 Å². The summed E-state index contributed by atoms with van der Waals surface area (Å²) < 4.78 is 34.4. The Hall–Kier alpha value is -0.740. The van der Waals surface area contributed by atoms with Crippen LogP contribution in [0.4, 0.5) is 5.82 Å². The number of anilines is 1. The number of rotatable bonds is 6. The normalized spacial score (nSPS) is 27.9. The molecular formula is C11H16IN5O9P2. The Morgan fingerprint density at radius 2 is 1.93 bits per heavy atom. The molecule has 1 fully saturated rings. The number of aliphatic hydroxyl groups is 2. The van der Waals surface area contributed by atoms with Crippen molar-refractivity contribution in [2.75, 3.05) is 18.2 Å². The highest BCUT2D eigenvalue weighted by molar-refractivity contribution is 14.1. The van der Waals surface area contributed by atoms with Gasteiger partial charge in [0.1, 0.15) is 23.8 Å². The minimum Gasteiger partial charge on any atom is -0.387 e. The van der Waals surface area contributed by atoms with Crippen LogP contribution >= 0.6 is 37.8 Å². The molecule has 2 aromatic rings. The van der Waals surface area contributed by atoms with Crippen LogP contribution in [-0.4, -0.2) is 75.2 Å². The molecule has 0 spiro atoms. The SMILES string of the molecule is Nc1nc(I)nc2c1ncn2C1OC(COP(=O)(O)CP(=O)(O)O)C(O)C1O. The number of imidazole rings is 1. The molecule has 156 valence electrons. The van der Waals surface area contributed by atoms with Crippen molar-refractivity contribution in [1.29, 1.82) is 0 Å². The Morgan fingerprint density at radius 1 is 1.25 bits per heavy atom. The van der Waals surface area contributed by atoms with E-state index in [1.807, 2.05) is 22.6 Å². The summed E-state index contributed by atoms with van der Waals surface area (Å²) >= 11 is 1.84. The van der Waals surface area contributed by atoms with E-state index < -0.39 is 52.2 Å². The van der Waals surface area contributed by atoms with Gasteiger partial charge in [-0.05, 0) is 0 Å². The Balaban J connectivity index is 1.78. The summed E-state index contributed by atoms with van der Waals surface area (Å²) in [5, 5.41) is 20.5. The Labute approximate surface area is 170 Å². The van der Waals surface area contributed by atoms with E-state index in [1.54, 1.807) is 0 Å². The lowest BCUT2D eigenvalue weighted by Crippen LogP contribution is -2.33. The molecule has 1 saturated heterocycles. The van der Waals surface area contributed by atoms with Gasteiger partial charge in [-0.2, -0.15) is 0 Å². The van der Waals surface area contributed by atoms with E-state index in [0.717, 1.165) is 0 Å². The molecule has 0 aromatic carbocycles. The van der Waals surface area contributed by atoms with Gasteiger partial charge >= 0.3 is 15.2 Å². The summed E-state index contributed by atoms with van der Waals surface area (Å²) in [6, 6.07) is 0. The van der Waals surface area contributed by atoms with E-state index in [0.29, 0.717) is 3.83 Å². The highest BCUT2D eigenvalue weighted by Gasteiger charge is 2.45. The van der Waals surface area contributed by atoms with Crippen molar-refractivity contribution < 1.29 is 43.3 Å². The van der Waals surface area contributed by atoms with Gasteiger partial charge in [0.05, 0.1) is 12.9 Å². The third kappa shape index (κ3) is 4.70. The fraction of sp³-hybridized carbons (Fsp3) is 0.545. The number of hydrogen-bond donors (Lipinski definition) is 6. The van der Waals surface area contributed by atoms with Gasteiger partial charge in [0, 0.05) is 22.6 Å². The molecule has 28 heavy (non-hydrogen) atoms. The lowest BCUT2D eigenvalue weighted by molar-refractivity contribution is -0.0483. The fourth-order valence-electron chi connectivity index (χ4n) is 2.66. The molecule has 1 aliphatic rings. The average Bonchev–Trinajstić information content (AvgIpc) is 3.06. The second kappa shape index (κ2) is 7.83. The number of halogens is 1. The third-order valence-corrected chi connectivity index (χ3v) is 7.77. The Kier molecular flexibility index (Phi) is 6.14. The second-order valence-corrected chi connectivity index (χ2v) is 10.9. The van der Waals surface area contributed by atoms with Gasteiger partial charge in [0.2, 0.25) is 0 Å². The van der Waals surface area contributed by atoms with Crippen LogP contribution in [0.5, 0.6) is 0 Å². The minimum atomic E-state index is -4.79. The molecule has 0 saturated carbocycles. The lowest BCUT2D eigenvalue weighted by atomic mass is 10.1. The van der Waals surface area contributed by atoms with E-state index in [1.165, 1.54) is 10.9 Å². The number of nitrogens with two attached hydrogens (primary N) is 1. The van der Waals surface area contributed by atoms with E-state index in [9.17, 15) is 24.2 Å². The first-order chi connectivity index (χ1) is 12.9. The van der Waals surface area contributed by atoms with Crippen molar-refractivity contribution in [2.45, 2.75) is 24.5 Å². The molecule has 0 radical (unpaired) electrons. The summed E-state index contributed by atoms with van der Waals surface area (Å²) in [4.78, 5) is 39.3. The van der Waals surface area contributed by atoms with E-state index >= 15 is 0 Å². The van der Waals surface area contributed by atoms with E-state index in [-0.39, 0.29) is 17.0 Å². The van der Waals surface area contributed by atoms with Crippen molar-refractivity contribution in [2.24, 2.45) is 0 Å². The fourth-order valence-corrected chi connectivity index (χ4v) is 5.71. The van der Waals surface area contributed by atoms with Crippen molar-refractivity contribution in [1.82, 2.24) is 19.5 Å². The van der Waals surface area contributed by atoms with Crippen molar-refractivity contribution in [3.8, 4) is 0 Å². The summed E-state index contributed by atoms with van der Waals surface area (Å²) in [5.41, 5.74) is 6.27. The van der Waals surface area contributed by atoms with Crippen LogP contribution in [0.25, 0.3) is 11.2 Å². The van der Waals surface area contributed by atoms with Gasteiger partial charge in [-0.3, -0.25) is 13.7 Å². The molecule has 0 aliphatic carbocycles. The monoisotopic (exact) mass is 551 g/mol. The summed E-state index contributed by atoms with van der Waals surface area (Å²) in [6.07, 6.45) is -4.14. The number of ether oxygens (including phenoxy) is 1. The summed E-state index contributed by atoms with van der Waals surface area (Å²) in [7, 11) is -9.43. The smallest absolute Gasteiger partial charge is 0.340 e. The van der Waals surface area contributed by atoms with Gasteiger partial charge in [-0.1, -0.05) is 0 Å². The zero-order chi connectivity index (χ0) is 20.9. The lowest BCUT2D eigenvalue weighted by Gasteiger charge is -2.18. The molecule has 5 atom stereocenters. The van der Waals surface area contributed by atoms with Crippen LogP contribution in [0.1, 0.15) is 6.23 Å². The predicted molar refractivity (Wildman–Crippen MR) is 101 cm³/mol. The maximum absolute atomic E-state index is 11.7. The molecular weight excluding hydrogens is 535 g/mol. The number of aliphatic hydroxyl groups excluding tert-OH is 2. The molecule has 17 heteroatoms. The van der Waals surface area contributed by atoms with E-state index in [2.05, 4.69) is 19.5 Å². The third-order valence-electron chi connectivity index (χ3n) is 3.84. The molecule has 0 bridgehead atoms. The first kappa shape index (κ1) is 22.0. The van der Waals surface area contributed by atoms with Crippen LogP contribution in [0.15, 0.2) is 6.33 Å². The zero-order valence-corrected chi connectivity index (χ0v) is 17.8. The van der Waals surface area contributed by atoms with Crippen LogP contribution < -0.4 is 5.73 Å². The number of aromatic nitrogens is 4. The van der Waals surface area contributed by atoms with Crippen LogP contribution in [0, 0.1) is 3.83 Å². The van der Waals surface area contributed by atoms with Gasteiger partial charge in [0.25, 0.3) is 0 Å². The number of nitrogen functional groups attached to an aromatic ring is 1. The first-order valence-corrected chi connectivity index (χ1v) is 12.2. The van der Waals surface area contributed by atoms with Crippen molar-refractivity contribution >= 4 is 54.8 Å². The van der Waals surface area contributed by atoms with Gasteiger partial charge < -0.3 is 39.9 Å². The van der Waals surface area contributed by atoms with Crippen LogP contribution in [0.3, 0.4) is 0 Å². The summed E-state index contributed by atoms with van der Waals surface area (Å²) in [5.74, 6) is -1.27. The maximum Gasteiger partial charge on any atom is 0.340 e. The number of hydrogen-bond acceptors (Lipinski definition) is 10. The topological polar surface area (TPSA) is 223 Å². The average molecular weight is 551 g/mol. The molecule has 3 rings (SSSR count). The molecule has 7 N–H and O–H groups in total. The van der Waals surface area contributed by atoms with Gasteiger partial charge in [-0.15, -0.1) is 0 Å². The zero-order valence-electron chi connectivity index (χ0n) is 13.8.